The summed E-state index contributed by atoms with van der Waals surface area (Å²) in [4.78, 5) is 4.34. The molecule has 94 valence electrons. The molecule has 2 unspecified atom stereocenters. The number of anilines is 1. The normalized spacial score (nSPS) is 27.8. The van der Waals surface area contributed by atoms with Gasteiger partial charge >= 0.3 is 0 Å². The van der Waals surface area contributed by atoms with Gasteiger partial charge in [0, 0.05) is 12.2 Å². The molecule has 1 N–H and O–H groups in total. The van der Waals surface area contributed by atoms with Gasteiger partial charge in [0.1, 0.15) is 0 Å². The third kappa shape index (κ3) is 2.99. The number of hydrogen-bond acceptors (Lipinski definition) is 2. The molecule has 1 aromatic rings. The molecule has 17 heavy (non-hydrogen) atoms. The maximum atomic E-state index is 4.34. The third-order valence-corrected chi connectivity index (χ3v) is 4.04. The summed E-state index contributed by atoms with van der Waals surface area (Å²) >= 11 is 0. The average molecular weight is 232 g/mol. The van der Waals surface area contributed by atoms with Crippen LogP contribution in [0.3, 0.4) is 0 Å². The van der Waals surface area contributed by atoms with Crippen LogP contribution in [0.25, 0.3) is 0 Å². The third-order valence-electron chi connectivity index (χ3n) is 4.04. The average Bonchev–Trinajstić information content (AvgIpc) is 2.24. The lowest BCUT2D eigenvalue weighted by atomic mass is 9.70. The Kier molecular flexibility index (Phi) is 3.41. The largest absolute Gasteiger partial charge is 0.381 e. The standard InChI is InChI=1S/C15H24N2/c1-11-10-15(3,4)8-7-13(11)17-14-6-5-9-16-12(14)2/h5-6,9,11,13,17H,7-8,10H2,1-4H3. The molecule has 0 spiro atoms. The van der Waals surface area contributed by atoms with Crippen LogP contribution in [0.15, 0.2) is 18.3 Å². The van der Waals surface area contributed by atoms with E-state index in [9.17, 15) is 0 Å². The van der Waals surface area contributed by atoms with Gasteiger partial charge in [-0.15, -0.1) is 0 Å². The van der Waals surface area contributed by atoms with Crippen LogP contribution < -0.4 is 5.32 Å². The summed E-state index contributed by atoms with van der Waals surface area (Å²) in [5.74, 6) is 0.735. The first-order valence-electron chi connectivity index (χ1n) is 6.66. The van der Waals surface area contributed by atoms with Gasteiger partial charge in [0.05, 0.1) is 11.4 Å². The molecule has 0 amide bonds. The first-order chi connectivity index (χ1) is 7.98. The minimum atomic E-state index is 0.515. The molecule has 2 atom stereocenters. The van der Waals surface area contributed by atoms with Crippen molar-refractivity contribution in [2.24, 2.45) is 11.3 Å². The fourth-order valence-corrected chi connectivity index (χ4v) is 3.00. The molecule has 0 aromatic carbocycles. The molecule has 2 heteroatoms. The summed E-state index contributed by atoms with van der Waals surface area (Å²) in [6.45, 7) is 9.20. The fraction of sp³-hybridized carbons (Fsp3) is 0.667. The van der Waals surface area contributed by atoms with E-state index in [1.165, 1.54) is 24.9 Å². The van der Waals surface area contributed by atoms with Gasteiger partial charge in [-0.3, -0.25) is 4.98 Å². The molecule has 0 saturated heterocycles. The predicted molar refractivity (Wildman–Crippen MR) is 73.2 cm³/mol. The second-order valence-electron chi connectivity index (χ2n) is 6.27. The van der Waals surface area contributed by atoms with Crippen LogP contribution in [0.4, 0.5) is 5.69 Å². The number of nitrogens with one attached hydrogen (secondary N) is 1. The number of pyridine rings is 1. The Balaban J connectivity index is 2.03. The van der Waals surface area contributed by atoms with E-state index in [0.29, 0.717) is 11.5 Å². The van der Waals surface area contributed by atoms with Crippen molar-refractivity contribution >= 4 is 5.69 Å². The highest BCUT2D eigenvalue weighted by Gasteiger charge is 2.32. The van der Waals surface area contributed by atoms with Gasteiger partial charge in [0.25, 0.3) is 0 Å². The minimum Gasteiger partial charge on any atom is -0.381 e. The van der Waals surface area contributed by atoms with Gasteiger partial charge in [0.2, 0.25) is 0 Å². The molecule has 0 aliphatic heterocycles. The summed E-state index contributed by atoms with van der Waals surface area (Å²) in [6.07, 6.45) is 5.74. The molecule has 1 aliphatic carbocycles. The molecule has 1 aromatic heterocycles. The van der Waals surface area contributed by atoms with Crippen molar-refractivity contribution in [3.8, 4) is 0 Å². The van der Waals surface area contributed by atoms with Gasteiger partial charge in [0.15, 0.2) is 0 Å². The Hall–Kier alpha value is -1.05. The van der Waals surface area contributed by atoms with Crippen molar-refractivity contribution in [3.63, 3.8) is 0 Å². The summed E-state index contributed by atoms with van der Waals surface area (Å²) in [7, 11) is 0. The zero-order chi connectivity index (χ0) is 12.5. The first kappa shape index (κ1) is 12.4. The number of nitrogens with zero attached hydrogens (tertiary/aromatic N) is 1. The van der Waals surface area contributed by atoms with Crippen molar-refractivity contribution in [2.75, 3.05) is 5.32 Å². The molecule has 1 heterocycles. The van der Waals surface area contributed by atoms with E-state index >= 15 is 0 Å². The zero-order valence-corrected chi connectivity index (χ0v) is 11.5. The molecule has 0 bridgehead atoms. The highest BCUT2D eigenvalue weighted by Crippen LogP contribution is 2.39. The molecule has 1 fully saturated rings. The molecular weight excluding hydrogens is 208 g/mol. The number of aromatic nitrogens is 1. The molecular formula is C15H24N2. The Bertz CT molecular complexity index is 384. The maximum absolute atomic E-state index is 4.34. The lowest BCUT2D eigenvalue weighted by Gasteiger charge is -2.40. The van der Waals surface area contributed by atoms with E-state index in [0.717, 1.165) is 11.6 Å². The van der Waals surface area contributed by atoms with Crippen LogP contribution in [0.1, 0.15) is 45.7 Å². The van der Waals surface area contributed by atoms with Crippen LogP contribution in [-0.2, 0) is 0 Å². The van der Waals surface area contributed by atoms with Gasteiger partial charge in [-0.2, -0.15) is 0 Å². The van der Waals surface area contributed by atoms with Crippen molar-refractivity contribution in [2.45, 2.75) is 53.0 Å². The first-order valence-corrected chi connectivity index (χ1v) is 6.66. The number of rotatable bonds is 2. The van der Waals surface area contributed by atoms with Crippen molar-refractivity contribution in [1.29, 1.82) is 0 Å². The van der Waals surface area contributed by atoms with E-state index in [4.69, 9.17) is 0 Å². The van der Waals surface area contributed by atoms with Crippen LogP contribution in [0.5, 0.6) is 0 Å². The number of hydrogen-bond donors (Lipinski definition) is 1. The quantitative estimate of drug-likeness (QED) is 0.833. The van der Waals surface area contributed by atoms with Gasteiger partial charge < -0.3 is 5.32 Å². The Labute approximate surface area is 105 Å². The lowest BCUT2D eigenvalue weighted by Crippen LogP contribution is -2.37. The molecule has 2 rings (SSSR count). The fourth-order valence-electron chi connectivity index (χ4n) is 3.00. The van der Waals surface area contributed by atoms with E-state index < -0.39 is 0 Å². The van der Waals surface area contributed by atoms with Gasteiger partial charge in [-0.05, 0) is 49.7 Å². The molecule has 1 aliphatic rings. The van der Waals surface area contributed by atoms with Crippen LogP contribution in [0.2, 0.25) is 0 Å². The predicted octanol–water partition coefficient (Wildman–Crippen LogP) is 4.02. The van der Waals surface area contributed by atoms with E-state index in [2.05, 4.69) is 44.1 Å². The van der Waals surface area contributed by atoms with Crippen LogP contribution in [0, 0.1) is 18.3 Å². The Morgan fingerprint density at radius 3 is 2.82 bits per heavy atom. The van der Waals surface area contributed by atoms with Crippen molar-refractivity contribution in [3.05, 3.63) is 24.0 Å². The number of aryl methyl sites for hydroxylation is 1. The smallest absolute Gasteiger partial charge is 0.0603 e. The summed E-state index contributed by atoms with van der Waals surface area (Å²) in [5.41, 5.74) is 2.82. The maximum Gasteiger partial charge on any atom is 0.0603 e. The lowest BCUT2D eigenvalue weighted by molar-refractivity contribution is 0.177. The summed E-state index contributed by atoms with van der Waals surface area (Å²) in [6, 6.07) is 4.74. The van der Waals surface area contributed by atoms with Gasteiger partial charge in [-0.25, -0.2) is 0 Å². The van der Waals surface area contributed by atoms with Crippen molar-refractivity contribution < 1.29 is 0 Å². The van der Waals surface area contributed by atoms with Gasteiger partial charge in [-0.1, -0.05) is 20.8 Å². The van der Waals surface area contributed by atoms with E-state index in [1.54, 1.807) is 0 Å². The monoisotopic (exact) mass is 232 g/mol. The zero-order valence-electron chi connectivity index (χ0n) is 11.5. The van der Waals surface area contributed by atoms with E-state index in [-0.39, 0.29) is 0 Å². The Morgan fingerprint density at radius 1 is 1.41 bits per heavy atom. The SMILES string of the molecule is Cc1ncccc1NC1CCC(C)(C)CC1C. The van der Waals surface area contributed by atoms with E-state index in [1.807, 2.05) is 12.3 Å². The Morgan fingerprint density at radius 2 is 2.18 bits per heavy atom. The molecule has 1 saturated carbocycles. The highest BCUT2D eigenvalue weighted by atomic mass is 14.9. The second-order valence-corrected chi connectivity index (χ2v) is 6.27. The van der Waals surface area contributed by atoms with Crippen LogP contribution in [-0.4, -0.2) is 11.0 Å². The molecule has 0 radical (unpaired) electrons. The van der Waals surface area contributed by atoms with Crippen molar-refractivity contribution in [1.82, 2.24) is 4.98 Å². The summed E-state index contributed by atoms with van der Waals surface area (Å²) in [5, 5.41) is 3.67. The minimum absolute atomic E-state index is 0.515. The summed E-state index contributed by atoms with van der Waals surface area (Å²) < 4.78 is 0. The van der Waals surface area contributed by atoms with Crippen LogP contribution >= 0.6 is 0 Å². The molecule has 2 nitrogen and oxygen atoms in total. The second kappa shape index (κ2) is 4.67. The highest BCUT2D eigenvalue weighted by molar-refractivity contribution is 5.47. The topological polar surface area (TPSA) is 24.9 Å².